The van der Waals surface area contributed by atoms with Gasteiger partial charge in [0.1, 0.15) is 4.90 Å². The van der Waals surface area contributed by atoms with E-state index >= 15 is 0 Å². The van der Waals surface area contributed by atoms with Gasteiger partial charge in [0.25, 0.3) is 0 Å². The van der Waals surface area contributed by atoms with Crippen molar-refractivity contribution in [1.82, 2.24) is 14.5 Å². The molecule has 0 amide bonds. The second-order valence-corrected chi connectivity index (χ2v) is 5.62. The SMILES string of the molecule is Cn1cc(S(=O)(=O)NC2(CN)CC2)cn1. The third-order valence-electron chi connectivity index (χ3n) is 2.59. The van der Waals surface area contributed by atoms with Crippen LogP contribution in [0.2, 0.25) is 0 Å². The highest BCUT2D eigenvalue weighted by molar-refractivity contribution is 7.89. The molecule has 0 atom stereocenters. The Morgan fingerprint density at radius 3 is 2.73 bits per heavy atom. The summed E-state index contributed by atoms with van der Waals surface area (Å²) in [4.78, 5) is 0.185. The summed E-state index contributed by atoms with van der Waals surface area (Å²) in [6.07, 6.45) is 4.41. The van der Waals surface area contributed by atoms with Crippen LogP contribution in [-0.2, 0) is 17.1 Å². The molecule has 1 heterocycles. The molecular formula is C8H14N4O2S. The molecule has 0 unspecified atom stereocenters. The molecule has 1 saturated carbocycles. The third-order valence-corrected chi connectivity index (χ3v) is 4.12. The largest absolute Gasteiger partial charge is 0.329 e. The van der Waals surface area contributed by atoms with Gasteiger partial charge in [-0.15, -0.1) is 0 Å². The Bertz CT molecular complexity index is 461. The second kappa shape index (κ2) is 3.29. The van der Waals surface area contributed by atoms with Gasteiger partial charge in [0.05, 0.1) is 6.20 Å². The van der Waals surface area contributed by atoms with Crippen LogP contribution >= 0.6 is 0 Å². The van der Waals surface area contributed by atoms with Gasteiger partial charge in [-0.3, -0.25) is 4.68 Å². The zero-order valence-corrected chi connectivity index (χ0v) is 9.29. The monoisotopic (exact) mass is 230 g/mol. The molecule has 0 bridgehead atoms. The van der Waals surface area contributed by atoms with Crippen molar-refractivity contribution in [2.45, 2.75) is 23.3 Å². The second-order valence-electron chi connectivity index (χ2n) is 3.94. The van der Waals surface area contributed by atoms with Crippen LogP contribution in [0.3, 0.4) is 0 Å². The van der Waals surface area contributed by atoms with Gasteiger partial charge in [-0.05, 0) is 12.8 Å². The lowest BCUT2D eigenvalue weighted by molar-refractivity contribution is 0.545. The van der Waals surface area contributed by atoms with E-state index in [1.807, 2.05) is 0 Å². The summed E-state index contributed by atoms with van der Waals surface area (Å²) in [6.45, 7) is 0.340. The maximum absolute atomic E-state index is 11.8. The van der Waals surface area contributed by atoms with Gasteiger partial charge in [0.2, 0.25) is 10.0 Å². The number of hydrogen-bond acceptors (Lipinski definition) is 4. The molecule has 3 N–H and O–H groups in total. The first-order chi connectivity index (χ1) is 6.97. The third kappa shape index (κ3) is 2.04. The highest BCUT2D eigenvalue weighted by atomic mass is 32.2. The minimum absolute atomic E-state index is 0.185. The maximum atomic E-state index is 11.8. The van der Waals surface area contributed by atoms with E-state index in [1.54, 1.807) is 7.05 Å². The topological polar surface area (TPSA) is 90.0 Å². The van der Waals surface area contributed by atoms with Gasteiger partial charge in [0, 0.05) is 25.3 Å². The molecule has 6 nitrogen and oxygen atoms in total. The van der Waals surface area contributed by atoms with Crippen LogP contribution in [0.25, 0.3) is 0 Å². The fourth-order valence-electron chi connectivity index (χ4n) is 1.38. The first-order valence-corrected chi connectivity index (χ1v) is 6.18. The molecule has 7 heteroatoms. The van der Waals surface area contributed by atoms with Gasteiger partial charge in [-0.2, -0.15) is 5.10 Å². The van der Waals surface area contributed by atoms with E-state index in [2.05, 4.69) is 9.82 Å². The predicted molar refractivity (Wildman–Crippen MR) is 54.5 cm³/mol. The van der Waals surface area contributed by atoms with Crippen molar-refractivity contribution in [3.05, 3.63) is 12.4 Å². The Morgan fingerprint density at radius 2 is 2.33 bits per heavy atom. The summed E-state index contributed by atoms with van der Waals surface area (Å²) in [5, 5.41) is 3.83. The number of hydrogen-bond donors (Lipinski definition) is 2. The number of aryl methyl sites for hydroxylation is 1. The Kier molecular flexibility index (Phi) is 2.32. The smallest absolute Gasteiger partial charge is 0.244 e. The molecule has 0 aromatic carbocycles. The highest BCUT2D eigenvalue weighted by Gasteiger charge is 2.44. The average molecular weight is 230 g/mol. The van der Waals surface area contributed by atoms with Crippen LogP contribution in [-0.4, -0.2) is 30.3 Å². The molecule has 1 aliphatic rings. The molecule has 0 radical (unpaired) electrons. The zero-order valence-electron chi connectivity index (χ0n) is 8.47. The molecule has 15 heavy (non-hydrogen) atoms. The summed E-state index contributed by atoms with van der Waals surface area (Å²) < 4.78 is 27.8. The predicted octanol–water partition coefficient (Wildman–Crippen LogP) is -0.810. The van der Waals surface area contributed by atoms with E-state index in [0.29, 0.717) is 6.54 Å². The fraction of sp³-hybridized carbons (Fsp3) is 0.625. The van der Waals surface area contributed by atoms with E-state index in [4.69, 9.17) is 5.73 Å². The lowest BCUT2D eigenvalue weighted by Crippen LogP contribution is -2.42. The van der Waals surface area contributed by atoms with Crippen LogP contribution in [0, 0.1) is 0 Å². The number of nitrogens with zero attached hydrogens (tertiary/aromatic N) is 2. The Morgan fingerprint density at radius 1 is 1.67 bits per heavy atom. The molecule has 0 spiro atoms. The van der Waals surface area contributed by atoms with Crippen LogP contribution in [0.15, 0.2) is 17.3 Å². The quantitative estimate of drug-likeness (QED) is 0.708. The van der Waals surface area contributed by atoms with Crippen LogP contribution in [0.1, 0.15) is 12.8 Å². The summed E-state index contributed by atoms with van der Waals surface area (Å²) in [5.41, 5.74) is 5.10. The molecule has 1 aromatic heterocycles. The minimum Gasteiger partial charge on any atom is -0.329 e. The summed E-state index contributed by atoms with van der Waals surface area (Å²) >= 11 is 0. The normalized spacial score (nSPS) is 19.1. The van der Waals surface area contributed by atoms with Gasteiger partial charge >= 0.3 is 0 Å². The Labute approximate surface area is 88.5 Å². The van der Waals surface area contributed by atoms with Gasteiger partial charge < -0.3 is 5.73 Å². The van der Waals surface area contributed by atoms with E-state index in [9.17, 15) is 8.42 Å². The van der Waals surface area contributed by atoms with Crippen molar-refractivity contribution >= 4 is 10.0 Å². The van der Waals surface area contributed by atoms with Gasteiger partial charge in [-0.25, -0.2) is 13.1 Å². The van der Waals surface area contributed by atoms with Crippen molar-refractivity contribution in [2.24, 2.45) is 12.8 Å². The molecular weight excluding hydrogens is 216 g/mol. The fourth-order valence-corrected chi connectivity index (χ4v) is 2.83. The van der Waals surface area contributed by atoms with Gasteiger partial charge in [0.15, 0.2) is 0 Å². The first kappa shape index (κ1) is 10.6. The molecule has 1 fully saturated rings. The standard InChI is InChI=1S/C8H14N4O2S/c1-12-5-7(4-10-12)15(13,14)11-8(6-9)2-3-8/h4-5,11H,2-3,6,9H2,1H3. The molecule has 84 valence electrons. The Balaban J connectivity index is 2.21. The molecule has 1 aliphatic carbocycles. The van der Waals surface area contributed by atoms with Crippen molar-refractivity contribution in [3.8, 4) is 0 Å². The minimum atomic E-state index is -3.46. The lowest BCUT2D eigenvalue weighted by atomic mass is 10.3. The molecule has 2 rings (SSSR count). The molecule has 0 aliphatic heterocycles. The summed E-state index contributed by atoms with van der Waals surface area (Å²) in [5.74, 6) is 0. The number of aromatic nitrogens is 2. The van der Waals surface area contributed by atoms with E-state index in [1.165, 1.54) is 17.1 Å². The Hall–Kier alpha value is -0.920. The lowest BCUT2D eigenvalue weighted by Gasteiger charge is -2.13. The van der Waals surface area contributed by atoms with Crippen molar-refractivity contribution in [1.29, 1.82) is 0 Å². The number of nitrogens with one attached hydrogen (secondary N) is 1. The van der Waals surface area contributed by atoms with Crippen molar-refractivity contribution in [3.63, 3.8) is 0 Å². The first-order valence-electron chi connectivity index (χ1n) is 4.70. The van der Waals surface area contributed by atoms with Crippen molar-refractivity contribution in [2.75, 3.05) is 6.54 Å². The number of rotatable bonds is 4. The highest BCUT2D eigenvalue weighted by Crippen LogP contribution is 2.35. The van der Waals surface area contributed by atoms with E-state index in [-0.39, 0.29) is 4.90 Å². The van der Waals surface area contributed by atoms with Crippen LogP contribution < -0.4 is 10.5 Å². The van der Waals surface area contributed by atoms with E-state index in [0.717, 1.165) is 12.8 Å². The van der Waals surface area contributed by atoms with E-state index < -0.39 is 15.6 Å². The molecule has 1 aromatic rings. The number of sulfonamides is 1. The summed E-state index contributed by atoms with van der Waals surface area (Å²) in [6, 6.07) is 0. The average Bonchev–Trinajstić information content (AvgIpc) is 2.78. The van der Waals surface area contributed by atoms with Crippen molar-refractivity contribution < 1.29 is 8.42 Å². The number of nitrogens with two attached hydrogens (primary N) is 1. The van der Waals surface area contributed by atoms with Crippen LogP contribution in [0.5, 0.6) is 0 Å². The van der Waals surface area contributed by atoms with Crippen LogP contribution in [0.4, 0.5) is 0 Å². The zero-order chi connectivity index (χ0) is 11.1. The maximum Gasteiger partial charge on any atom is 0.244 e. The van der Waals surface area contributed by atoms with Gasteiger partial charge in [-0.1, -0.05) is 0 Å². The molecule has 0 saturated heterocycles. The summed E-state index contributed by atoms with van der Waals surface area (Å²) in [7, 11) is -1.78.